The van der Waals surface area contributed by atoms with Gasteiger partial charge in [-0.15, -0.1) is 0 Å². The summed E-state index contributed by atoms with van der Waals surface area (Å²) in [7, 11) is 0. The summed E-state index contributed by atoms with van der Waals surface area (Å²) in [6.45, 7) is 7.04. The third-order valence-corrected chi connectivity index (χ3v) is 3.87. The maximum Gasteiger partial charge on any atom is 0.242 e. The molecule has 0 aliphatic carbocycles. The van der Waals surface area contributed by atoms with Crippen molar-refractivity contribution in [3.8, 4) is 0 Å². The maximum absolute atomic E-state index is 12.4. The lowest BCUT2D eigenvalue weighted by atomic mass is 9.94. The molecule has 3 N–H and O–H groups in total. The van der Waals surface area contributed by atoms with E-state index in [0.29, 0.717) is 12.5 Å². The van der Waals surface area contributed by atoms with E-state index in [1.54, 1.807) is 0 Å². The van der Waals surface area contributed by atoms with Gasteiger partial charge in [-0.05, 0) is 19.3 Å². The first-order valence-corrected chi connectivity index (χ1v) is 6.49. The van der Waals surface area contributed by atoms with Crippen LogP contribution in [-0.2, 0) is 9.53 Å². The van der Waals surface area contributed by atoms with Crippen molar-refractivity contribution in [2.24, 2.45) is 11.7 Å². The second-order valence-electron chi connectivity index (χ2n) is 5.22. The zero-order valence-corrected chi connectivity index (χ0v) is 10.7. The Labute approximate surface area is 103 Å². The fourth-order valence-electron chi connectivity index (χ4n) is 2.57. The molecular formula is C12H23N3O2. The Balaban J connectivity index is 1.95. The third kappa shape index (κ3) is 2.78. The lowest BCUT2D eigenvalue weighted by molar-refractivity contribution is -0.141. The number of carbonyl (C=O) groups excluding carboxylic acids is 1. The van der Waals surface area contributed by atoms with Crippen LogP contribution < -0.4 is 11.1 Å². The van der Waals surface area contributed by atoms with Gasteiger partial charge in [0, 0.05) is 25.7 Å². The summed E-state index contributed by atoms with van der Waals surface area (Å²) in [5.41, 5.74) is 5.97. The first-order chi connectivity index (χ1) is 8.09. The number of nitrogens with zero attached hydrogens (tertiary/aromatic N) is 1. The van der Waals surface area contributed by atoms with Crippen LogP contribution in [0.3, 0.4) is 0 Å². The third-order valence-electron chi connectivity index (χ3n) is 3.87. The van der Waals surface area contributed by atoms with Gasteiger partial charge in [-0.25, -0.2) is 0 Å². The van der Waals surface area contributed by atoms with Gasteiger partial charge in [-0.3, -0.25) is 4.79 Å². The SMILES string of the molecule is CC1CN(C(=O)[C@H]2NCCO[C@@H]2C)CCC1N. The Morgan fingerprint density at radius 3 is 2.88 bits per heavy atom. The molecule has 2 aliphatic rings. The molecule has 0 bridgehead atoms. The fraction of sp³-hybridized carbons (Fsp3) is 0.917. The minimum absolute atomic E-state index is 0.0397. The summed E-state index contributed by atoms with van der Waals surface area (Å²) in [5.74, 6) is 0.545. The van der Waals surface area contributed by atoms with Crippen molar-refractivity contribution in [1.82, 2.24) is 10.2 Å². The number of nitrogens with two attached hydrogens (primary N) is 1. The fourth-order valence-corrected chi connectivity index (χ4v) is 2.57. The first-order valence-electron chi connectivity index (χ1n) is 6.49. The van der Waals surface area contributed by atoms with Crippen molar-refractivity contribution in [1.29, 1.82) is 0 Å². The van der Waals surface area contributed by atoms with E-state index in [9.17, 15) is 4.79 Å². The van der Waals surface area contributed by atoms with E-state index >= 15 is 0 Å². The van der Waals surface area contributed by atoms with Crippen LogP contribution in [0.4, 0.5) is 0 Å². The lowest BCUT2D eigenvalue weighted by Gasteiger charge is -2.39. The Morgan fingerprint density at radius 1 is 1.47 bits per heavy atom. The highest BCUT2D eigenvalue weighted by atomic mass is 16.5. The van der Waals surface area contributed by atoms with Gasteiger partial charge in [0.1, 0.15) is 6.04 Å². The number of likely N-dealkylation sites (tertiary alicyclic amines) is 1. The maximum atomic E-state index is 12.4. The van der Waals surface area contributed by atoms with Gasteiger partial charge in [0.15, 0.2) is 0 Å². The minimum atomic E-state index is -0.190. The van der Waals surface area contributed by atoms with E-state index in [-0.39, 0.29) is 24.1 Å². The quantitative estimate of drug-likeness (QED) is 0.653. The molecule has 17 heavy (non-hydrogen) atoms. The highest BCUT2D eigenvalue weighted by molar-refractivity contribution is 5.82. The lowest BCUT2D eigenvalue weighted by Crippen LogP contribution is -2.59. The Morgan fingerprint density at radius 2 is 2.24 bits per heavy atom. The topological polar surface area (TPSA) is 67.6 Å². The number of hydrogen-bond acceptors (Lipinski definition) is 4. The molecule has 1 amide bonds. The van der Waals surface area contributed by atoms with Crippen molar-refractivity contribution >= 4 is 5.91 Å². The number of morpholine rings is 1. The summed E-state index contributed by atoms with van der Waals surface area (Å²) < 4.78 is 5.52. The van der Waals surface area contributed by atoms with Gasteiger partial charge in [0.25, 0.3) is 0 Å². The van der Waals surface area contributed by atoms with Gasteiger partial charge >= 0.3 is 0 Å². The zero-order chi connectivity index (χ0) is 12.4. The Kier molecular flexibility index (Phi) is 4.01. The molecule has 5 heteroatoms. The summed E-state index contributed by atoms with van der Waals surface area (Å²) in [6.07, 6.45) is 0.858. The predicted octanol–water partition coefficient (Wildman–Crippen LogP) is -0.441. The number of piperidine rings is 1. The monoisotopic (exact) mass is 241 g/mol. The minimum Gasteiger partial charge on any atom is -0.375 e. The number of ether oxygens (including phenoxy) is 1. The Hall–Kier alpha value is -0.650. The molecule has 2 unspecified atom stereocenters. The van der Waals surface area contributed by atoms with E-state index in [1.807, 2.05) is 11.8 Å². The van der Waals surface area contributed by atoms with E-state index in [0.717, 1.165) is 26.1 Å². The second-order valence-corrected chi connectivity index (χ2v) is 5.22. The van der Waals surface area contributed by atoms with Crippen molar-refractivity contribution in [2.45, 2.75) is 38.5 Å². The van der Waals surface area contributed by atoms with Crippen molar-refractivity contribution in [2.75, 3.05) is 26.2 Å². The van der Waals surface area contributed by atoms with Crippen LogP contribution in [-0.4, -0.2) is 55.2 Å². The average Bonchev–Trinajstić information content (AvgIpc) is 2.32. The molecule has 2 aliphatic heterocycles. The molecule has 98 valence electrons. The van der Waals surface area contributed by atoms with Gasteiger partial charge in [0.05, 0.1) is 12.7 Å². The summed E-state index contributed by atoms with van der Waals surface area (Å²) in [6, 6.07) is 0.0392. The smallest absolute Gasteiger partial charge is 0.242 e. The molecule has 5 nitrogen and oxygen atoms in total. The number of amides is 1. The standard InChI is InChI=1S/C12H23N3O2/c1-8-7-15(5-3-10(8)13)12(16)11-9(2)17-6-4-14-11/h8-11,14H,3-7,13H2,1-2H3/t8?,9-,10?,11+/m1/s1. The number of nitrogens with one attached hydrogen (secondary N) is 1. The van der Waals surface area contributed by atoms with E-state index in [2.05, 4.69) is 12.2 Å². The van der Waals surface area contributed by atoms with Gasteiger partial charge in [-0.2, -0.15) is 0 Å². The van der Waals surface area contributed by atoms with Crippen LogP contribution in [0.5, 0.6) is 0 Å². The number of rotatable bonds is 1. The largest absolute Gasteiger partial charge is 0.375 e. The Bertz CT molecular complexity index is 285. The van der Waals surface area contributed by atoms with Crippen LogP contribution in [0.1, 0.15) is 20.3 Å². The van der Waals surface area contributed by atoms with Crippen molar-refractivity contribution in [3.05, 3.63) is 0 Å². The van der Waals surface area contributed by atoms with Crippen LogP contribution in [0.25, 0.3) is 0 Å². The highest BCUT2D eigenvalue weighted by Crippen LogP contribution is 2.17. The molecule has 2 fully saturated rings. The summed E-state index contributed by atoms with van der Waals surface area (Å²) in [5, 5.41) is 3.24. The van der Waals surface area contributed by atoms with Crippen LogP contribution in [0, 0.1) is 5.92 Å². The van der Waals surface area contributed by atoms with E-state index in [1.165, 1.54) is 0 Å². The highest BCUT2D eigenvalue weighted by Gasteiger charge is 2.34. The molecular weight excluding hydrogens is 218 g/mol. The molecule has 0 aromatic rings. The van der Waals surface area contributed by atoms with Gasteiger partial charge < -0.3 is 20.7 Å². The predicted molar refractivity (Wildman–Crippen MR) is 65.5 cm³/mol. The summed E-state index contributed by atoms with van der Waals surface area (Å²) >= 11 is 0. The zero-order valence-electron chi connectivity index (χ0n) is 10.7. The molecule has 2 rings (SSSR count). The molecule has 4 atom stereocenters. The molecule has 0 spiro atoms. The number of carbonyl (C=O) groups is 1. The average molecular weight is 241 g/mol. The molecule has 0 saturated carbocycles. The van der Waals surface area contributed by atoms with Gasteiger partial charge in [-0.1, -0.05) is 6.92 Å². The van der Waals surface area contributed by atoms with Crippen molar-refractivity contribution < 1.29 is 9.53 Å². The molecule has 0 aromatic heterocycles. The summed E-state index contributed by atoms with van der Waals surface area (Å²) in [4.78, 5) is 14.3. The molecule has 2 saturated heterocycles. The van der Waals surface area contributed by atoms with Crippen molar-refractivity contribution in [3.63, 3.8) is 0 Å². The first kappa shape index (κ1) is 12.8. The van der Waals surface area contributed by atoms with Crippen LogP contribution in [0.15, 0.2) is 0 Å². The molecule has 2 heterocycles. The molecule has 0 aromatic carbocycles. The normalized spacial score (nSPS) is 39.1. The molecule has 0 radical (unpaired) electrons. The van der Waals surface area contributed by atoms with Gasteiger partial charge in [0.2, 0.25) is 5.91 Å². The van der Waals surface area contributed by atoms with Crippen LogP contribution in [0.2, 0.25) is 0 Å². The number of hydrogen-bond donors (Lipinski definition) is 2. The van der Waals surface area contributed by atoms with E-state index < -0.39 is 0 Å². The van der Waals surface area contributed by atoms with Crippen LogP contribution >= 0.6 is 0 Å². The second kappa shape index (κ2) is 5.33. The van der Waals surface area contributed by atoms with E-state index in [4.69, 9.17) is 10.5 Å².